The first-order valence-corrected chi connectivity index (χ1v) is 13.9. The van der Waals surface area contributed by atoms with Gasteiger partial charge in [0, 0.05) is 38.8 Å². The van der Waals surface area contributed by atoms with Crippen LogP contribution in [0.2, 0.25) is 0 Å². The smallest absolute Gasteiger partial charge is 0.388 e. The number of nitrogens with zero attached hydrogens (tertiary/aromatic N) is 5. The Hall–Kier alpha value is -4.79. The number of likely N-dealkylation sites (N-methyl/N-ethyl adjacent to an activating group) is 1. The van der Waals surface area contributed by atoms with E-state index in [1.165, 1.54) is 27.9 Å². The third-order valence-electron chi connectivity index (χ3n) is 8.13. The predicted octanol–water partition coefficient (Wildman–Crippen LogP) is 2.94. The number of nitrogens with one attached hydrogen (secondary N) is 1. The van der Waals surface area contributed by atoms with E-state index in [2.05, 4.69) is 10.4 Å². The molecule has 5 rings (SSSR count). The van der Waals surface area contributed by atoms with E-state index in [0.29, 0.717) is 26.5 Å². The molecular weight excluding hydrogens is 600 g/mol. The number of urea groups is 1. The molecule has 1 saturated heterocycles. The molecule has 11 nitrogen and oxygen atoms in total. The average Bonchev–Trinajstić information content (AvgIpc) is 3.62. The molecule has 2 heterocycles. The number of carbonyl (C=O) groups excluding carboxylic acids is 4. The maximum Gasteiger partial charge on any atom is 0.408 e. The number of alkyl halides is 3. The minimum Gasteiger partial charge on any atom is -0.388 e. The fourth-order valence-electron chi connectivity index (χ4n) is 5.52. The largest absolute Gasteiger partial charge is 0.408 e. The van der Waals surface area contributed by atoms with Gasteiger partial charge in [0.1, 0.15) is 30.5 Å². The van der Waals surface area contributed by atoms with Crippen molar-refractivity contribution >= 4 is 23.8 Å². The van der Waals surface area contributed by atoms with Crippen LogP contribution >= 0.6 is 0 Å². The second-order valence-corrected chi connectivity index (χ2v) is 11.3. The van der Waals surface area contributed by atoms with Crippen molar-refractivity contribution < 1.29 is 41.8 Å². The standard InChI is InChI=1S/C30H30F4N6O5/c1-17(30(32,33)34)39(13-18-4-7-21(31)8-5-18)26(43)16-40-27(44)29(36-28(40)45)11-24(41)22-10-19(6-9-23(22)29)20-12-35-38(14-20)15-25(42)37(2)3/h4-10,12,14,17,24,41H,11,13,15-16H2,1-3H3,(H,36,45)/t17-,24?,29?/m0/s1. The van der Waals surface area contributed by atoms with Gasteiger partial charge >= 0.3 is 12.2 Å². The Labute approximate surface area is 255 Å². The normalized spacial score (nSPS) is 19.9. The zero-order valence-electron chi connectivity index (χ0n) is 24.5. The van der Waals surface area contributed by atoms with E-state index in [1.54, 1.807) is 38.5 Å². The van der Waals surface area contributed by atoms with Crippen LogP contribution in [-0.4, -0.2) is 86.2 Å². The van der Waals surface area contributed by atoms with Crippen molar-refractivity contribution in [1.29, 1.82) is 0 Å². The molecular formula is C30H30F4N6O5. The van der Waals surface area contributed by atoms with E-state index >= 15 is 0 Å². The summed E-state index contributed by atoms with van der Waals surface area (Å²) in [4.78, 5) is 54.5. The van der Waals surface area contributed by atoms with Crippen LogP contribution in [0.15, 0.2) is 54.9 Å². The summed E-state index contributed by atoms with van der Waals surface area (Å²) < 4.78 is 56.0. The summed E-state index contributed by atoms with van der Waals surface area (Å²) in [6, 6.07) is 6.13. The van der Waals surface area contributed by atoms with Crippen molar-refractivity contribution in [3.05, 3.63) is 77.4 Å². The average molecular weight is 631 g/mol. The summed E-state index contributed by atoms with van der Waals surface area (Å²) in [5, 5.41) is 17.7. The van der Waals surface area contributed by atoms with Gasteiger partial charge in [-0.3, -0.25) is 24.0 Å². The molecule has 2 unspecified atom stereocenters. The van der Waals surface area contributed by atoms with Gasteiger partial charge in [-0.1, -0.05) is 24.3 Å². The van der Waals surface area contributed by atoms with Crippen molar-refractivity contribution in [2.24, 2.45) is 0 Å². The fourth-order valence-corrected chi connectivity index (χ4v) is 5.52. The number of imide groups is 1. The van der Waals surface area contributed by atoms with Gasteiger partial charge in [-0.2, -0.15) is 18.3 Å². The SMILES string of the molecule is C[C@H](N(Cc1ccc(F)cc1)C(=O)CN1C(=O)NC2(CC(O)c3cc(-c4cnn(CC(=O)N(C)C)c4)ccc32)C1=O)C(F)(F)F. The molecule has 15 heteroatoms. The molecule has 238 valence electrons. The van der Waals surface area contributed by atoms with E-state index < -0.39 is 60.6 Å². The summed E-state index contributed by atoms with van der Waals surface area (Å²) in [6.45, 7) is -0.733. The van der Waals surface area contributed by atoms with Crippen molar-refractivity contribution in [3.8, 4) is 11.1 Å². The van der Waals surface area contributed by atoms with E-state index in [1.807, 2.05) is 0 Å². The predicted molar refractivity (Wildman–Crippen MR) is 150 cm³/mol. The first-order valence-electron chi connectivity index (χ1n) is 13.9. The van der Waals surface area contributed by atoms with E-state index in [-0.39, 0.29) is 30.0 Å². The highest BCUT2D eigenvalue weighted by Gasteiger charge is 2.58. The molecule has 2 N–H and O–H groups in total. The lowest BCUT2D eigenvalue weighted by Gasteiger charge is -2.32. The van der Waals surface area contributed by atoms with Crippen LogP contribution in [0.25, 0.3) is 11.1 Å². The third kappa shape index (κ3) is 5.99. The fraction of sp³-hybridized carbons (Fsp3) is 0.367. The Kier molecular flexibility index (Phi) is 8.16. The van der Waals surface area contributed by atoms with Gasteiger partial charge in [0.15, 0.2) is 0 Å². The number of hydrogen-bond acceptors (Lipinski definition) is 6. The number of carbonyl (C=O) groups is 4. The molecule has 45 heavy (non-hydrogen) atoms. The van der Waals surface area contributed by atoms with Gasteiger partial charge in [-0.05, 0) is 47.4 Å². The third-order valence-corrected chi connectivity index (χ3v) is 8.13. The second kappa shape index (κ2) is 11.6. The van der Waals surface area contributed by atoms with E-state index in [4.69, 9.17) is 0 Å². The lowest BCUT2D eigenvalue weighted by atomic mass is 9.90. The van der Waals surface area contributed by atoms with Crippen LogP contribution < -0.4 is 5.32 Å². The van der Waals surface area contributed by atoms with Gasteiger partial charge in [0.05, 0.1) is 12.3 Å². The zero-order chi connectivity index (χ0) is 32.8. The number of halogens is 4. The quantitative estimate of drug-likeness (QED) is 0.291. The van der Waals surface area contributed by atoms with Crippen molar-refractivity contribution in [2.45, 2.75) is 50.3 Å². The summed E-state index contributed by atoms with van der Waals surface area (Å²) in [6.07, 6.45) is -3.08. The molecule has 5 amide bonds. The van der Waals surface area contributed by atoms with Crippen molar-refractivity contribution in [1.82, 2.24) is 29.8 Å². The molecule has 3 atom stereocenters. The molecule has 1 aliphatic carbocycles. The number of aliphatic hydroxyl groups excluding tert-OH is 1. The van der Waals surface area contributed by atoms with Gasteiger partial charge < -0.3 is 20.2 Å². The molecule has 2 aliphatic rings. The van der Waals surface area contributed by atoms with Crippen LogP contribution in [-0.2, 0) is 33.0 Å². The number of benzene rings is 2. The summed E-state index contributed by atoms with van der Waals surface area (Å²) in [7, 11) is 3.25. The summed E-state index contributed by atoms with van der Waals surface area (Å²) in [5.74, 6) is -2.81. The number of amides is 5. The maximum atomic E-state index is 13.7. The number of fused-ring (bicyclic) bond motifs is 2. The Balaban J connectivity index is 1.38. The first kappa shape index (κ1) is 31.6. The maximum absolute atomic E-state index is 13.7. The molecule has 0 bridgehead atoms. The Morgan fingerprint density at radius 1 is 1.09 bits per heavy atom. The molecule has 1 spiro atoms. The zero-order valence-corrected chi connectivity index (χ0v) is 24.5. The number of aliphatic hydroxyl groups is 1. The van der Waals surface area contributed by atoms with Crippen molar-refractivity contribution in [3.63, 3.8) is 0 Å². The summed E-state index contributed by atoms with van der Waals surface area (Å²) in [5.41, 5.74) is 0.364. The van der Waals surface area contributed by atoms with Crippen molar-refractivity contribution in [2.75, 3.05) is 20.6 Å². The Morgan fingerprint density at radius 2 is 1.78 bits per heavy atom. The van der Waals surface area contributed by atoms with Gasteiger partial charge in [0.2, 0.25) is 11.8 Å². The van der Waals surface area contributed by atoms with E-state index in [0.717, 1.165) is 19.1 Å². The minimum absolute atomic E-state index is 0.0157. The highest BCUT2D eigenvalue weighted by atomic mass is 19.4. The number of hydrogen-bond donors (Lipinski definition) is 2. The number of aromatic nitrogens is 2. The highest BCUT2D eigenvalue weighted by molar-refractivity contribution is 6.10. The topological polar surface area (TPSA) is 128 Å². The molecule has 1 aromatic heterocycles. The Morgan fingerprint density at radius 3 is 2.42 bits per heavy atom. The molecule has 0 radical (unpaired) electrons. The lowest BCUT2D eigenvalue weighted by Crippen LogP contribution is -2.51. The van der Waals surface area contributed by atoms with Crippen LogP contribution in [0.4, 0.5) is 22.4 Å². The Bertz CT molecular complexity index is 1660. The van der Waals surface area contributed by atoms with Gasteiger partial charge in [0.25, 0.3) is 5.91 Å². The van der Waals surface area contributed by atoms with E-state index in [9.17, 15) is 41.8 Å². The first-order chi connectivity index (χ1) is 21.1. The van der Waals surface area contributed by atoms with Crippen LogP contribution in [0, 0.1) is 5.82 Å². The van der Waals surface area contributed by atoms with Gasteiger partial charge in [-0.25, -0.2) is 9.18 Å². The lowest BCUT2D eigenvalue weighted by molar-refractivity contribution is -0.187. The van der Waals surface area contributed by atoms with Gasteiger partial charge in [-0.15, -0.1) is 0 Å². The van der Waals surface area contributed by atoms with Crippen LogP contribution in [0.3, 0.4) is 0 Å². The summed E-state index contributed by atoms with van der Waals surface area (Å²) >= 11 is 0. The molecule has 0 saturated carbocycles. The molecule has 1 aliphatic heterocycles. The second-order valence-electron chi connectivity index (χ2n) is 11.3. The highest BCUT2D eigenvalue weighted by Crippen LogP contribution is 2.47. The van der Waals surface area contributed by atoms with Crippen LogP contribution in [0.5, 0.6) is 0 Å². The van der Waals surface area contributed by atoms with Crippen LogP contribution in [0.1, 0.15) is 36.1 Å². The molecule has 3 aromatic rings. The number of rotatable bonds is 8. The minimum atomic E-state index is -4.82. The monoisotopic (exact) mass is 630 g/mol. The molecule has 1 fully saturated rings. The molecule has 2 aromatic carbocycles.